The maximum Gasteiger partial charge on any atom is 0.123 e. The summed E-state index contributed by atoms with van der Waals surface area (Å²) in [4.78, 5) is 0. The predicted molar refractivity (Wildman–Crippen MR) is 76.8 cm³/mol. The molecular formula is C17H18FNO. The molecule has 20 heavy (non-hydrogen) atoms. The Morgan fingerprint density at radius 3 is 2.60 bits per heavy atom. The van der Waals surface area contributed by atoms with Gasteiger partial charge in [0, 0.05) is 12.5 Å². The van der Waals surface area contributed by atoms with Crippen molar-refractivity contribution in [3.8, 4) is 0 Å². The summed E-state index contributed by atoms with van der Waals surface area (Å²) in [6.45, 7) is 2.03. The quantitative estimate of drug-likeness (QED) is 0.899. The average Bonchev–Trinajstić information content (AvgIpc) is 2.76. The highest BCUT2D eigenvalue weighted by Gasteiger charge is 2.31. The molecule has 0 heterocycles. The topological polar surface area (TPSA) is 32.3 Å². The molecule has 0 amide bonds. The van der Waals surface area contributed by atoms with Crippen LogP contribution in [0.4, 0.5) is 4.39 Å². The van der Waals surface area contributed by atoms with Crippen molar-refractivity contribution in [1.82, 2.24) is 5.32 Å². The van der Waals surface area contributed by atoms with Gasteiger partial charge in [-0.2, -0.15) is 0 Å². The largest absolute Gasteiger partial charge is 0.391 e. The van der Waals surface area contributed by atoms with Gasteiger partial charge in [0.15, 0.2) is 0 Å². The Morgan fingerprint density at radius 1 is 1.15 bits per heavy atom. The molecule has 0 fully saturated rings. The lowest BCUT2D eigenvalue weighted by Crippen LogP contribution is -2.30. The third-order valence-electron chi connectivity index (χ3n) is 4.00. The van der Waals surface area contributed by atoms with Crippen LogP contribution in [0, 0.1) is 5.82 Å². The third kappa shape index (κ3) is 2.47. The van der Waals surface area contributed by atoms with Gasteiger partial charge in [0.05, 0.1) is 12.1 Å². The van der Waals surface area contributed by atoms with Gasteiger partial charge in [0.2, 0.25) is 0 Å². The van der Waals surface area contributed by atoms with E-state index in [9.17, 15) is 9.50 Å². The second kappa shape index (κ2) is 5.35. The second-order valence-electron chi connectivity index (χ2n) is 5.39. The number of nitrogens with one attached hydrogen (secondary N) is 1. The Balaban J connectivity index is 1.79. The summed E-state index contributed by atoms with van der Waals surface area (Å²) in [5.74, 6) is -0.229. The van der Waals surface area contributed by atoms with Crippen LogP contribution < -0.4 is 5.32 Å². The monoisotopic (exact) mass is 271 g/mol. The molecule has 0 saturated heterocycles. The van der Waals surface area contributed by atoms with Crippen LogP contribution in [0.1, 0.15) is 35.7 Å². The van der Waals surface area contributed by atoms with Gasteiger partial charge in [0.25, 0.3) is 0 Å². The Kier molecular flexibility index (Phi) is 3.55. The van der Waals surface area contributed by atoms with Gasteiger partial charge in [-0.1, -0.05) is 36.4 Å². The van der Waals surface area contributed by atoms with Crippen molar-refractivity contribution in [3.05, 3.63) is 71.0 Å². The summed E-state index contributed by atoms with van der Waals surface area (Å²) in [5.41, 5.74) is 3.38. The van der Waals surface area contributed by atoms with Gasteiger partial charge in [-0.15, -0.1) is 0 Å². The number of aliphatic hydroxyl groups excluding tert-OH is 1. The molecule has 3 unspecified atom stereocenters. The molecule has 104 valence electrons. The zero-order valence-electron chi connectivity index (χ0n) is 11.4. The lowest BCUT2D eigenvalue weighted by molar-refractivity contribution is 0.136. The molecule has 0 aromatic heterocycles. The highest BCUT2D eigenvalue weighted by molar-refractivity contribution is 5.36. The smallest absolute Gasteiger partial charge is 0.123 e. The molecule has 0 aliphatic heterocycles. The van der Waals surface area contributed by atoms with E-state index in [0.29, 0.717) is 6.42 Å². The Labute approximate surface area is 118 Å². The Bertz CT molecular complexity index is 596. The minimum Gasteiger partial charge on any atom is -0.391 e. The number of hydrogen-bond acceptors (Lipinski definition) is 2. The number of rotatable bonds is 3. The highest BCUT2D eigenvalue weighted by Crippen LogP contribution is 2.33. The lowest BCUT2D eigenvalue weighted by atomic mass is 10.0. The van der Waals surface area contributed by atoms with Crippen molar-refractivity contribution >= 4 is 0 Å². The van der Waals surface area contributed by atoms with Gasteiger partial charge < -0.3 is 10.4 Å². The van der Waals surface area contributed by atoms with Crippen molar-refractivity contribution in [3.63, 3.8) is 0 Å². The predicted octanol–water partition coefficient (Wildman–Crippen LogP) is 3.13. The van der Waals surface area contributed by atoms with E-state index in [4.69, 9.17) is 0 Å². The Morgan fingerprint density at radius 2 is 1.85 bits per heavy atom. The van der Waals surface area contributed by atoms with E-state index >= 15 is 0 Å². The van der Waals surface area contributed by atoms with Crippen LogP contribution in [-0.2, 0) is 6.42 Å². The first-order chi connectivity index (χ1) is 9.65. The summed E-state index contributed by atoms with van der Waals surface area (Å²) in [6.07, 6.45) is 0.277. The minimum atomic E-state index is -0.407. The van der Waals surface area contributed by atoms with Gasteiger partial charge in [-0.3, -0.25) is 0 Å². The van der Waals surface area contributed by atoms with E-state index in [-0.39, 0.29) is 17.9 Å². The fourth-order valence-electron chi connectivity index (χ4n) is 2.89. The molecule has 3 rings (SSSR count). The van der Waals surface area contributed by atoms with E-state index in [1.165, 1.54) is 17.7 Å². The van der Waals surface area contributed by atoms with Gasteiger partial charge >= 0.3 is 0 Å². The molecule has 3 heteroatoms. The number of benzene rings is 2. The average molecular weight is 271 g/mol. The van der Waals surface area contributed by atoms with Crippen LogP contribution >= 0.6 is 0 Å². The van der Waals surface area contributed by atoms with Crippen LogP contribution in [0.5, 0.6) is 0 Å². The van der Waals surface area contributed by atoms with Crippen LogP contribution in [0.25, 0.3) is 0 Å². The maximum atomic E-state index is 13.0. The van der Waals surface area contributed by atoms with E-state index in [1.54, 1.807) is 12.1 Å². The maximum absolute atomic E-state index is 13.0. The van der Waals surface area contributed by atoms with E-state index in [2.05, 4.69) is 17.4 Å². The molecule has 1 aliphatic rings. The van der Waals surface area contributed by atoms with Crippen molar-refractivity contribution in [1.29, 1.82) is 0 Å². The molecular weight excluding hydrogens is 253 g/mol. The zero-order chi connectivity index (χ0) is 14.1. The Hall–Kier alpha value is -1.71. The number of fused-ring (bicyclic) bond motifs is 1. The number of hydrogen-bond donors (Lipinski definition) is 2. The molecule has 0 saturated carbocycles. The molecule has 0 radical (unpaired) electrons. The third-order valence-corrected chi connectivity index (χ3v) is 4.00. The van der Waals surface area contributed by atoms with Crippen molar-refractivity contribution in [2.45, 2.75) is 31.5 Å². The first-order valence-electron chi connectivity index (χ1n) is 6.92. The van der Waals surface area contributed by atoms with Crippen LogP contribution in [-0.4, -0.2) is 11.2 Å². The molecule has 2 N–H and O–H groups in total. The van der Waals surface area contributed by atoms with Crippen molar-refractivity contribution in [2.75, 3.05) is 0 Å². The van der Waals surface area contributed by atoms with Gasteiger partial charge in [-0.05, 0) is 35.7 Å². The molecule has 0 spiro atoms. The minimum absolute atomic E-state index is 0.0569. The van der Waals surface area contributed by atoms with Crippen LogP contribution in [0.2, 0.25) is 0 Å². The summed E-state index contributed by atoms with van der Waals surface area (Å²) in [7, 11) is 0. The zero-order valence-corrected chi connectivity index (χ0v) is 11.4. The van der Waals surface area contributed by atoms with E-state index < -0.39 is 6.10 Å². The van der Waals surface area contributed by atoms with Crippen molar-refractivity contribution < 1.29 is 9.50 Å². The molecule has 3 atom stereocenters. The number of aliphatic hydroxyl groups is 1. The van der Waals surface area contributed by atoms with E-state index in [1.807, 2.05) is 19.1 Å². The first-order valence-corrected chi connectivity index (χ1v) is 6.92. The van der Waals surface area contributed by atoms with Gasteiger partial charge in [-0.25, -0.2) is 4.39 Å². The van der Waals surface area contributed by atoms with Crippen molar-refractivity contribution in [2.24, 2.45) is 0 Å². The van der Waals surface area contributed by atoms with Crippen LogP contribution in [0.3, 0.4) is 0 Å². The molecule has 1 aliphatic carbocycles. The lowest BCUT2D eigenvalue weighted by Gasteiger charge is -2.23. The van der Waals surface area contributed by atoms with E-state index in [0.717, 1.165) is 11.1 Å². The SMILES string of the molecule is CC(NC1c2ccccc2CC1O)c1ccc(F)cc1. The summed E-state index contributed by atoms with van der Waals surface area (Å²) in [5, 5.41) is 13.7. The number of halogens is 1. The molecule has 2 nitrogen and oxygen atoms in total. The summed E-state index contributed by atoms with van der Waals surface area (Å²) in [6, 6.07) is 14.6. The normalized spacial score (nSPS) is 22.6. The molecule has 0 bridgehead atoms. The fourth-order valence-corrected chi connectivity index (χ4v) is 2.89. The van der Waals surface area contributed by atoms with Gasteiger partial charge in [0.1, 0.15) is 5.82 Å². The molecule has 2 aromatic carbocycles. The standard InChI is InChI=1S/C17H18FNO/c1-11(12-6-8-14(18)9-7-12)19-17-15-5-3-2-4-13(15)10-16(17)20/h2-9,11,16-17,19-20H,10H2,1H3. The first kappa shape index (κ1) is 13.3. The van der Waals surface area contributed by atoms with Crippen LogP contribution in [0.15, 0.2) is 48.5 Å². The second-order valence-corrected chi connectivity index (χ2v) is 5.39. The summed E-state index contributed by atoms with van der Waals surface area (Å²) < 4.78 is 13.0. The molecule has 2 aromatic rings. The summed E-state index contributed by atoms with van der Waals surface area (Å²) >= 11 is 0. The highest BCUT2D eigenvalue weighted by atomic mass is 19.1. The fraction of sp³-hybridized carbons (Fsp3) is 0.294.